The van der Waals surface area contributed by atoms with Gasteiger partial charge < -0.3 is 10.5 Å². The summed E-state index contributed by atoms with van der Waals surface area (Å²) >= 11 is 5.11. The molecule has 1 amide bonds. The molecule has 0 spiro atoms. The Hall–Kier alpha value is -0.720. The van der Waals surface area contributed by atoms with Gasteiger partial charge >= 0.3 is 0 Å². The Morgan fingerprint density at radius 3 is 2.39 bits per heavy atom. The van der Waals surface area contributed by atoms with Crippen LogP contribution in [0.5, 0.6) is 0 Å². The van der Waals surface area contributed by atoms with Crippen molar-refractivity contribution in [2.24, 2.45) is 11.1 Å². The number of amides is 1. The van der Waals surface area contributed by atoms with E-state index >= 15 is 0 Å². The van der Waals surface area contributed by atoms with E-state index in [1.54, 1.807) is 0 Å². The summed E-state index contributed by atoms with van der Waals surface area (Å²) in [5, 5.41) is 1.99. The van der Waals surface area contributed by atoms with Crippen LogP contribution < -0.4 is 11.2 Å². The maximum Gasteiger partial charge on any atom is 0.247 e. The first kappa shape index (κ1) is 13.7. The molecule has 102 valence electrons. The maximum absolute atomic E-state index is 12.5. The number of hydrogen-bond donors (Lipinski definition) is 2. The average molecular weight is 271 g/mol. The standard InChI is InChI=1S/C12H21N3O2S/c13-10(18)12(4-8-17-9-5-12)11(16)14-15-6-2-1-3-7-15/h1-9H2,(H2,13,18)(H,14,16). The molecular weight excluding hydrogens is 250 g/mol. The van der Waals surface area contributed by atoms with Crippen LogP contribution in [0.2, 0.25) is 0 Å². The van der Waals surface area contributed by atoms with E-state index in [1.165, 1.54) is 6.42 Å². The minimum absolute atomic E-state index is 0.0554. The van der Waals surface area contributed by atoms with Crippen LogP contribution in [0.4, 0.5) is 0 Å². The summed E-state index contributed by atoms with van der Waals surface area (Å²) in [4.78, 5) is 12.7. The highest BCUT2D eigenvalue weighted by molar-refractivity contribution is 7.80. The Kier molecular flexibility index (Phi) is 4.53. The third kappa shape index (κ3) is 2.81. The maximum atomic E-state index is 12.5. The van der Waals surface area contributed by atoms with Gasteiger partial charge in [-0.15, -0.1) is 0 Å². The summed E-state index contributed by atoms with van der Waals surface area (Å²) in [5.41, 5.74) is 8.07. The van der Waals surface area contributed by atoms with Crippen LogP contribution in [0.1, 0.15) is 32.1 Å². The van der Waals surface area contributed by atoms with Crippen molar-refractivity contribution >= 4 is 23.1 Å². The lowest BCUT2D eigenvalue weighted by molar-refractivity contribution is -0.137. The second kappa shape index (κ2) is 5.95. The zero-order chi connectivity index (χ0) is 13.0. The lowest BCUT2D eigenvalue weighted by Gasteiger charge is -2.37. The van der Waals surface area contributed by atoms with Crippen molar-refractivity contribution in [3.05, 3.63) is 0 Å². The summed E-state index contributed by atoms with van der Waals surface area (Å²) in [7, 11) is 0. The fourth-order valence-electron chi connectivity index (χ4n) is 2.56. The van der Waals surface area contributed by atoms with Crippen LogP contribution in [-0.4, -0.2) is 42.2 Å². The molecule has 0 aliphatic carbocycles. The summed E-state index contributed by atoms with van der Waals surface area (Å²) < 4.78 is 5.31. The Morgan fingerprint density at radius 2 is 1.83 bits per heavy atom. The molecule has 2 rings (SSSR count). The largest absolute Gasteiger partial charge is 0.392 e. The number of nitrogens with zero attached hydrogens (tertiary/aromatic N) is 1. The van der Waals surface area contributed by atoms with Gasteiger partial charge in [-0.1, -0.05) is 18.6 Å². The number of ether oxygens (including phenoxy) is 1. The normalized spacial score (nSPS) is 24.4. The summed E-state index contributed by atoms with van der Waals surface area (Å²) in [6, 6.07) is 0. The van der Waals surface area contributed by atoms with Crippen LogP contribution in [0, 0.1) is 5.41 Å². The van der Waals surface area contributed by atoms with Gasteiger partial charge in [0.25, 0.3) is 0 Å². The number of carbonyl (C=O) groups excluding carboxylic acids is 1. The van der Waals surface area contributed by atoms with E-state index in [9.17, 15) is 4.79 Å². The monoisotopic (exact) mass is 271 g/mol. The number of carbonyl (C=O) groups is 1. The minimum Gasteiger partial charge on any atom is -0.392 e. The quantitative estimate of drug-likeness (QED) is 0.735. The first-order valence-electron chi connectivity index (χ1n) is 6.59. The van der Waals surface area contributed by atoms with Crippen molar-refractivity contribution < 1.29 is 9.53 Å². The molecule has 2 aliphatic heterocycles. The molecule has 0 aromatic carbocycles. The van der Waals surface area contributed by atoms with Gasteiger partial charge in [-0.2, -0.15) is 0 Å². The number of thiocarbonyl (C=S) groups is 1. The van der Waals surface area contributed by atoms with Crippen LogP contribution in [0.3, 0.4) is 0 Å². The summed E-state index contributed by atoms with van der Waals surface area (Å²) in [6.45, 7) is 2.92. The third-order valence-electron chi connectivity index (χ3n) is 3.87. The molecule has 0 radical (unpaired) electrons. The van der Waals surface area contributed by atoms with E-state index in [0.717, 1.165) is 25.9 Å². The third-order valence-corrected chi connectivity index (χ3v) is 4.26. The lowest BCUT2D eigenvalue weighted by atomic mass is 9.79. The smallest absolute Gasteiger partial charge is 0.247 e. The molecule has 2 fully saturated rings. The predicted molar refractivity (Wildman–Crippen MR) is 72.8 cm³/mol. The van der Waals surface area contributed by atoms with Gasteiger partial charge in [-0.25, -0.2) is 5.01 Å². The van der Waals surface area contributed by atoms with Crippen molar-refractivity contribution in [1.82, 2.24) is 10.4 Å². The van der Waals surface area contributed by atoms with Crippen molar-refractivity contribution in [2.45, 2.75) is 32.1 Å². The molecule has 6 heteroatoms. The first-order valence-corrected chi connectivity index (χ1v) is 7.00. The van der Waals surface area contributed by atoms with E-state index in [1.807, 2.05) is 5.01 Å². The molecule has 0 saturated carbocycles. The number of nitrogens with one attached hydrogen (secondary N) is 1. The number of piperidine rings is 1. The zero-order valence-corrected chi connectivity index (χ0v) is 11.4. The SMILES string of the molecule is NC(=S)C1(C(=O)NN2CCCCC2)CCOCC1. The molecule has 0 aromatic heterocycles. The van der Waals surface area contributed by atoms with Crippen molar-refractivity contribution in [3.8, 4) is 0 Å². The summed E-state index contributed by atoms with van der Waals surface area (Å²) in [5.74, 6) is -0.0554. The number of hydrogen-bond acceptors (Lipinski definition) is 4. The fourth-order valence-corrected chi connectivity index (χ4v) is 2.86. The van der Waals surface area contributed by atoms with Gasteiger partial charge in [0.05, 0.1) is 4.99 Å². The zero-order valence-electron chi connectivity index (χ0n) is 10.6. The molecule has 0 aromatic rings. The number of hydrazine groups is 1. The van der Waals surface area contributed by atoms with Crippen LogP contribution in [0.15, 0.2) is 0 Å². The highest BCUT2D eigenvalue weighted by Crippen LogP contribution is 2.31. The second-order valence-corrected chi connectivity index (χ2v) is 5.49. The Balaban J connectivity index is 2.01. The van der Waals surface area contributed by atoms with Crippen LogP contribution >= 0.6 is 12.2 Å². The van der Waals surface area contributed by atoms with Crippen molar-refractivity contribution in [1.29, 1.82) is 0 Å². The van der Waals surface area contributed by atoms with Crippen LogP contribution in [-0.2, 0) is 9.53 Å². The molecule has 0 bridgehead atoms. The Bertz CT molecular complexity index is 323. The van der Waals surface area contributed by atoms with E-state index in [2.05, 4.69) is 5.43 Å². The molecule has 3 N–H and O–H groups in total. The van der Waals surface area contributed by atoms with Gasteiger partial charge in [0.2, 0.25) is 5.91 Å². The van der Waals surface area contributed by atoms with E-state index in [0.29, 0.717) is 31.0 Å². The second-order valence-electron chi connectivity index (χ2n) is 5.05. The van der Waals surface area contributed by atoms with Crippen molar-refractivity contribution in [2.75, 3.05) is 26.3 Å². The van der Waals surface area contributed by atoms with Gasteiger partial charge in [0.1, 0.15) is 5.41 Å². The first-order chi connectivity index (χ1) is 8.65. The van der Waals surface area contributed by atoms with Gasteiger partial charge in [-0.3, -0.25) is 10.2 Å². The van der Waals surface area contributed by atoms with E-state index in [-0.39, 0.29) is 5.91 Å². The molecule has 18 heavy (non-hydrogen) atoms. The molecular formula is C12H21N3O2S. The Labute approximate surface area is 113 Å². The van der Waals surface area contributed by atoms with E-state index < -0.39 is 5.41 Å². The fraction of sp³-hybridized carbons (Fsp3) is 0.833. The number of rotatable bonds is 3. The van der Waals surface area contributed by atoms with Gasteiger partial charge in [0, 0.05) is 26.3 Å². The molecule has 2 aliphatic rings. The molecule has 2 saturated heterocycles. The predicted octanol–water partition coefficient (Wildman–Crippen LogP) is 0.586. The van der Waals surface area contributed by atoms with E-state index in [4.69, 9.17) is 22.7 Å². The molecule has 0 atom stereocenters. The lowest BCUT2D eigenvalue weighted by Crippen LogP contribution is -2.56. The minimum atomic E-state index is -0.717. The topological polar surface area (TPSA) is 67.6 Å². The molecule has 0 unspecified atom stereocenters. The molecule has 5 nitrogen and oxygen atoms in total. The van der Waals surface area contributed by atoms with Gasteiger partial charge in [-0.05, 0) is 25.7 Å². The van der Waals surface area contributed by atoms with Crippen LogP contribution in [0.25, 0.3) is 0 Å². The summed E-state index contributed by atoms with van der Waals surface area (Å²) in [6.07, 6.45) is 4.66. The van der Waals surface area contributed by atoms with Crippen molar-refractivity contribution in [3.63, 3.8) is 0 Å². The Morgan fingerprint density at radius 1 is 1.22 bits per heavy atom. The number of nitrogens with two attached hydrogens (primary N) is 1. The van der Waals surface area contributed by atoms with Gasteiger partial charge in [0.15, 0.2) is 0 Å². The highest BCUT2D eigenvalue weighted by atomic mass is 32.1. The average Bonchev–Trinajstić information content (AvgIpc) is 2.40. The molecule has 2 heterocycles. The highest BCUT2D eigenvalue weighted by Gasteiger charge is 2.43.